The first kappa shape index (κ1) is 55.8. The van der Waals surface area contributed by atoms with E-state index >= 15 is 0 Å². The van der Waals surface area contributed by atoms with E-state index in [4.69, 9.17) is 9.40 Å². The Balaban J connectivity index is 0.000000342. The van der Waals surface area contributed by atoms with Crippen LogP contribution in [0.25, 0.3) is 105 Å². The predicted octanol–water partition coefficient (Wildman–Crippen LogP) is 20.9. The molecule has 0 fully saturated rings. The maximum Gasteiger partial charge on any atom is 0.121 e. The van der Waals surface area contributed by atoms with Gasteiger partial charge in [0.1, 0.15) is 5.58 Å². The van der Waals surface area contributed by atoms with Crippen molar-refractivity contribution < 1.29 is 28.9 Å². The minimum Gasteiger partial charge on any atom is -0.501 e. The van der Waals surface area contributed by atoms with Crippen LogP contribution in [-0.4, -0.2) is 14.5 Å². The van der Waals surface area contributed by atoms with Crippen LogP contribution >= 0.6 is 0 Å². The molecule has 0 spiro atoms. The van der Waals surface area contributed by atoms with Gasteiger partial charge >= 0.3 is 0 Å². The third-order valence-electron chi connectivity index (χ3n) is 15.6. The molecule has 0 aliphatic rings. The number of nitrogens with zero attached hydrogens (tertiary/aromatic N) is 3. The van der Waals surface area contributed by atoms with Crippen LogP contribution in [0.2, 0.25) is 0 Å². The number of furan rings is 1. The van der Waals surface area contributed by atoms with Crippen LogP contribution in [0.5, 0.6) is 0 Å². The molecule has 4 nitrogen and oxygen atoms in total. The van der Waals surface area contributed by atoms with Crippen molar-refractivity contribution in [1.29, 1.82) is 0 Å². The van der Waals surface area contributed by atoms with Crippen LogP contribution in [-0.2, 0) is 36.4 Å². The van der Waals surface area contributed by atoms with Gasteiger partial charge in [-0.2, -0.15) is 0 Å². The molecule has 0 unspecified atom stereocenters. The van der Waals surface area contributed by atoms with Crippen molar-refractivity contribution in [3.05, 3.63) is 222 Å². The summed E-state index contributed by atoms with van der Waals surface area (Å²) in [6.45, 7) is 29.5. The van der Waals surface area contributed by atoms with E-state index < -0.39 is 0 Å². The molecule has 9 aromatic carbocycles. The monoisotopic (exact) mass is 1230 g/mol. The molecule has 0 N–H and O–H groups in total. The van der Waals surface area contributed by atoms with E-state index in [1.807, 2.05) is 18.2 Å². The molecule has 80 heavy (non-hydrogen) atoms. The van der Waals surface area contributed by atoms with Crippen molar-refractivity contribution in [2.75, 3.05) is 0 Å². The summed E-state index contributed by atoms with van der Waals surface area (Å²) < 4.78 is 22.1. The molecule has 0 aliphatic carbocycles. The zero-order valence-corrected chi connectivity index (χ0v) is 50.8. The number of aromatic nitrogens is 3. The zero-order chi connectivity index (χ0) is 55.7. The molecule has 1 radical (unpaired) electrons. The van der Waals surface area contributed by atoms with Crippen molar-refractivity contribution in [1.82, 2.24) is 14.5 Å². The van der Waals surface area contributed by atoms with Crippen molar-refractivity contribution in [3.63, 3.8) is 0 Å². The molecular weight excluding hydrogens is 1160 g/mol. The summed E-state index contributed by atoms with van der Waals surface area (Å²) in [4.78, 5) is 9.71. The third-order valence-corrected chi connectivity index (χ3v) is 15.6. The first-order valence-electron chi connectivity index (χ1n) is 27.9. The Kier molecular flexibility index (Phi) is 15.0. The van der Waals surface area contributed by atoms with E-state index in [2.05, 4.69) is 245 Å². The molecule has 3 heterocycles. The molecular formula is C74H70FIrN3O-2. The topological polar surface area (TPSA) is 43.9 Å². The largest absolute Gasteiger partial charge is 0.501 e. The first-order valence-corrected chi connectivity index (χ1v) is 27.9. The number of hydrogen-bond donors (Lipinski definition) is 0. The Morgan fingerprint density at radius 2 is 1.14 bits per heavy atom. The number of imidazole rings is 1. The van der Waals surface area contributed by atoms with Gasteiger partial charge < -0.3 is 14.0 Å². The van der Waals surface area contributed by atoms with Gasteiger partial charge in [0.25, 0.3) is 0 Å². The number of fused-ring (bicyclic) bond motifs is 7. The van der Waals surface area contributed by atoms with Gasteiger partial charge in [-0.05, 0) is 148 Å². The Morgan fingerprint density at radius 1 is 0.525 bits per heavy atom. The van der Waals surface area contributed by atoms with Gasteiger partial charge in [-0.25, -0.2) is 0 Å². The summed E-state index contributed by atoms with van der Waals surface area (Å²) in [5.41, 5.74) is 19.0. The predicted molar refractivity (Wildman–Crippen MR) is 331 cm³/mol. The standard InChI is InChI=1S/C59H55N2O.C15H15FN.Ir/c1-35(2)48-31-42(38-24-22-37(23-25-38)41-28-43(58(5,6)7)33-44(29-41)59(8,9)10)32-49(36(3)4)55(48)61-53-21-14-13-20-52(53)60-57(61)47-19-15-18-46-51-30-40-27-26-39-16-11-12-17-45(39)50(40)34-54(51)62-56(46)47;1-15(2,3)12-8-9-17-14(10-12)11-4-6-13(16)7-5-11;/h11-18,20-36H,1-10H3;4,6-10H,1-3H3;/q2*-1;. The molecule has 12 aromatic rings. The van der Waals surface area contributed by atoms with Gasteiger partial charge in [0.2, 0.25) is 0 Å². The van der Waals surface area contributed by atoms with Gasteiger partial charge in [0, 0.05) is 43.2 Å². The van der Waals surface area contributed by atoms with Crippen LogP contribution in [0.1, 0.15) is 130 Å². The van der Waals surface area contributed by atoms with Gasteiger partial charge in [-0.15, -0.1) is 48.0 Å². The maximum absolute atomic E-state index is 12.8. The first-order chi connectivity index (χ1) is 37.6. The molecule has 0 atom stereocenters. The minimum atomic E-state index is -0.277. The average molecular weight is 1230 g/mol. The molecule has 0 amide bonds. The Morgan fingerprint density at radius 3 is 1.76 bits per heavy atom. The number of pyridine rings is 1. The number of hydrogen-bond acceptors (Lipinski definition) is 3. The Bertz CT molecular complexity index is 4190. The summed E-state index contributed by atoms with van der Waals surface area (Å²) in [6.07, 6.45) is 1.78. The van der Waals surface area contributed by atoms with Crippen molar-refractivity contribution >= 4 is 54.5 Å². The Labute approximate surface area is 485 Å². The third kappa shape index (κ3) is 10.8. The van der Waals surface area contributed by atoms with Gasteiger partial charge in [0.05, 0.1) is 22.4 Å². The van der Waals surface area contributed by atoms with Crippen LogP contribution in [0.15, 0.2) is 180 Å². The van der Waals surface area contributed by atoms with Crippen LogP contribution in [0, 0.1) is 17.9 Å². The van der Waals surface area contributed by atoms with Crippen LogP contribution in [0.3, 0.4) is 0 Å². The van der Waals surface area contributed by atoms with E-state index in [0.717, 1.165) is 55.6 Å². The summed E-state index contributed by atoms with van der Waals surface area (Å²) in [5, 5.41) is 6.99. The molecule has 0 aliphatic heterocycles. The molecule has 6 heteroatoms. The van der Waals surface area contributed by atoms with Crippen molar-refractivity contribution in [3.8, 4) is 50.6 Å². The summed E-state index contributed by atoms with van der Waals surface area (Å²) in [5.74, 6) is 1.03. The number of para-hydroxylation sites is 2. The van der Waals surface area contributed by atoms with E-state index in [0.29, 0.717) is 0 Å². The van der Waals surface area contributed by atoms with Gasteiger partial charge in [-0.1, -0.05) is 198 Å². The quantitative estimate of drug-likeness (QED) is 0.118. The molecule has 3 aromatic heterocycles. The summed E-state index contributed by atoms with van der Waals surface area (Å²) in [6, 6.07) is 66.4. The fraction of sp³-hybridized carbons (Fsp3) is 0.243. The van der Waals surface area contributed by atoms with E-state index in [1.165, 1.54) is 89.4 Å². The number of halogens is 1. The van der Waals surface area contributed by atoms with Crippen LogP contribution < -0.4 is 0 Å². The molecule has 0 saturated heterocycles. The minimum absolute atomic E-state index is 0. The fourth-order valence-electron chi connectivity index (χ4n) is 10.9. The number of benzene rings is 9. The second-order valence-electron chi connectivity index (χ2n) is 25.1. The van der Waals surface area contributed by atoms with E-state index in [1.54, 1.807) is 12.3 Å². The molecule has 12 rings (SSSR count). The second kappa shape index (κ2) is 21.5. The molecule has 405 valence electrons. The van der Waals surface area contributed by atoms with E-state index in [9.17, 15) is 4.39 Å². The van der Waals surface area contributed by atoms with Gasteiger partial charge in [0.15, 0.2) is 0 Å². The number of rotatable bonds is 7. The summed E-state index contributed by atoms with van der Waals surface area (Å²) >= 11 is 0. The Hall–Kier alpha value is -7.50. The summed E-state index contributed by atoms with van der Waals surface area (Å²) in [7, 11) is 0. The van der Waals surface area contributed by atoms with Crippen molar-refractivity contribution in [2.24, 2.45) is 0 Å². The van der Waals surface area contributed by atoms with Crippen molar-refractivity contribution in [2.45, 2.75) is 118 Å². The fourth-order valence-corrected chi connectivity index (χ4v) is 10.9. The zero-order valence-electron chi connectivity index (χ0n) is 48.4. The SMILES string of the molecule is CC(C)(C)c1ccnc(-c2[c-]cc(F)cc2)c1.CC(C)c1cc(-c2ccc(-c3cc(C(C)(C)C)cc(C(C)(C)C)c3)cc2)cc(C(C)C)c1-n1c(-c2[c-]ccc3c2oc2cc4c(ccc5ccccc54)cc23)nc2ccccc21.[Ir]. The van der Waals surface area contributed by atoms with E-state index in [-0.39, 0.29) is 54.0 Å². The maximum atomic E-state index is 12.8. The second-order valence-corrected chi connectivity index (χ2v) is 25.1. The smallest absolute Gasteiger partial charge is 0.121 e. The molecule has 0 bridgehead atoms. The molecule has 0 saturated carbocycles. The van der Waals surface area contributed by atoms with Crippen LogP contribution in [0.4, 0.5) is 4.39 Å². The van der Waals surface area contributed by atoms with Gasteiger partial charge in [-0.3, -0.25) is 9.37 Å². The average Bonchev–Trinajstić information content (AvgIpc) is 4.12. The normalized spacial score (nSPS) is 12.2.